The summed E-state index contributed by atoms with van der Waals surface area (Å²) in [6.45, 7) is 1.17. The average Bonchev–Trinajstić information content (AvgIpc) is 3.75. The number of allylic oxidation sites excluding steroid dienone is 6. The van der Waals surface area contributed by atoms with Gasteiger partial charge in [0, 0.05) is 11.1 Å². The van der Waals surface area contributed by atoms with E-state index in [2.05, 4.69) is 0 Å². The van der Waals surface area contributed by atoms with E-state index >= 15 is 26.3 Å². The molecule has 0 spiro atoms. The van der Waals surface area contributed by atoms with Crippen molar-refractivity contribution < 1.29 is 83.4 Å². The number of hydrogen-bond acceptors (Lipinski definition) is 2. The highest BCUT2D eigenvalue weighted by Crippen LogP contribution is 2.58. The molecule has 1 aliphatic rings. The quantitative estimate of drug-likeness (QED) is 0.150. The van der Waals surface area contributed by atoms with Crippen LogP contribution in [-0.2, 0) is 18.0 Å². The second-order valence-electron chi connectivity index (χ2n) is 11.2. The van der Waals surface area contributed by atoms with E-state index in [9.17, 15) is 67.6 Å². The normalized spacial score (nSPS) is 15.4. The van der Waals surface area contributed by atoms with Gasteiger partial charge in [-0.15, -0.1) is 0 Å². The minimum Gasteiger partial charge on any atom is -0.239 e. The van der Waals surface area contributed by atoms with Crippen molar-refractivity contribution in [1.82, 2.24) is 0 Å². The Morgan fingerprint density at radius 2 is 0.642 bits per heavy atom. The van der Waals surface area contributed by atoms with Crippen LogP contribution in [0.1, 0.15) is 54.2 Å². The Hall–Kier alpha value is -5.47. The van der Waals surface area contributed by atoms with Crippen LogP contribution in [0.4, 0.5) is 83.4 Å². The Morgan fingerprint density at radius 1 is 0.396 bits per heavy atom. The van der Waals surface area contributed by atoms with Crippen molar-refractivity contribution >= 4 is 16.7 Å². The summed E-state index contributed by atoms with van der Waals surface area (Å²) >= 11 is 0. The number of hydrogen-bond donors (Lipinski definition) is 0. The Labute approximate surface area is 282 Å². The molecule has 1 aliphatic carbocycles. The molecular weight excluding hydrogens is 773 g/mol. The van der Waals surface area contributed by atoms with Gasteiger partial charge in [0.25, 0.3) is 0 Å². The molecule has 3 aromatic rings. The van der Waals surface area contributed by atoms with Crippen LogP contribution in [0.5, 0.6) is 0 Å². The molecule has 53 heavy (non-hydrogen) atoms. The Balaban J connectivity index is 2.34. The van der Waals surface area contributed by atoms with Gasteiger partial charge < -0.3 is 0 Å². The van der Waals surface area contributed by atoms with Crippen molar-refractivity contribution in [3.8, 4) is 12.1 Å². The second-order valence-corrected chi connectivity index (χ2v) is 11.2. The largest absolute Gasteiger partial charge is 0.422 e. The predicted octanol–water partition coefficient (Wildman–Crippen LogP) is 11.3. The maximum absolute atomic E-state index is 15.3. The third-order valence-electron chi connectivity index (χ3n) is 7.61. The van der Waals surface area contributed by atoms with Gasteiger partial charge in [-0.25, -0.2) is 57.1 Å². The van der Waals surface area contributed by atoms with Crippen molar-refractivity contribution in [2.45, 2.75) is 38.8 Å². The highest BCUT2D eigenvalue weighted by atomic mass is 19.4. The van der Waals surface area contributed by atoms with Crippen molar-refractivity contribution in [3.05, 3.63) is 120 Å². The van der Waals surface area contributed by atoms with Gasteiger partial charge in [0.15, 0.2) is 69.8 Å². The minimum atomic E-state index is -6.18. The van der Waals surface area contributed by atoms with Crippen LogP contribution in [0.2, 0.25) is 0 Å². The molecule has 0 aliphatic heterocycles. The van der Waals surface area contributed by atoms with Crippen LogP contribution in [0.15, 0.2) is 16.7 Å². The van der Waals surface area contributed by atoms with Crippen molar-refractivity contribution in [2.75, 3.05) is 0 Å². The number of nitriles is 2. The zero-order valence-corrected chi connectivity index (χ0v) is 25.6. The van der Waals surface area contributed by atoms with Gasteiger partial charge in [0.2, 0.25) is 0 Å². The van der Waals surface area contributed by atoms with Crippen molar-refractivity contribution in [1.29, 1.82) is 10.5 Å². The zero-order valence-electron chi connectivity index (χ0n) is 25.6. The summed E-state index contributed by atoms with van der Waals surface area (Å²) < 4.78 is 273. The molecule has 0 aromatic heterocycles. The molecule has 0 N–H and O–H groups in total. The van der Waals surface area contributed by atoms with Crippen LogP contribution in [0.25, 0.3) is 16.7 Å². The lowest BCUT2D eigenvalue weighted by Crippen LogP contribution is -2.19. The van der Waals surface area contributed by atoms with E-state index in [0.717, 1.165) is 12.1 Å². The fraction of sp³-hybridized carbons (Fsp3) is 0.188. The molecule has 0 atom stereocenters. The van der Waals surface area contributed by atoms with E-state index in [4.69, 9.17) is 0 Å². The SMILES string of the molecule is CC(=C1C(=C(C#N)c2c(F)c(F)c(C(F)(F)F)c(F)c2F)C1=C(C#N)c1c(F)c(F)c(C(F)(F)F)c(F)c1F)c1c(F)c(F)c(C(C)(C)F)c(F)c1F. The highest BCUT2D eigenvalue weighted by molar-refractivity contribution is 6.10. The van der Waals surface area contributed by atoms with E-state index in [1.165, 1.54) is 0 Å². The Bertz CT molecular complexity index is 2130. The van der Waals surface area contributed by atoms with Gasteiger partial charge in [0.1, 0.15) is 28.9 Å². The third-order valence-corrected chi connectivity index (χ3v) is 7.61. The predicted molar refractivity (Wildman–Crippen MR) is 141 cm³/mol. The summed E-state index contributed by atoms with van der Waals surface area (Å²) in [5.41, 5.74) is -28.6. The molecule has 1 saturated carbocycles. The second kappa shape index (κ2) is 12.9. The van der Waals surface area contributed by atoms with E-state index in [1.807, 2.05) is 0 Å². The van der Waals surface area contributed by atoms with Gasteiger partial charge >= 0.3 is 12.4 Å². The van der Waals surface area contributed by atoms with Gasteiger partial charge in [0.05, 0.1) is 33.4 Å². The molecule has 1 fully saturated rings. The van der Waals surface area contributed by atoms with Gasteiger partial charge in [-0.05, 0) is 31.9 Å². The first-order valence-electron chi connectivity index (χ1n) is 13.5. The lowest BCUT2D eigenvalue weighted by atomic mass is 9.93. The molecule has 3 aromatic carbocycles. The van der Waals surface area contributed by atoms with E-state index in [1.54, 1.807) is 0 Å². The summed E-state index contributed by atoms with van der Waals surface area (Å²) in [6.07, 6.45) is -12.4. The van der Waals surface area contributed by atoms with Crippen molar-refractivity contribution in [2.24, 2.45) is 0 Å². The number of halogens is 19. The molecule has 0 heterocycles. The zero-order chi connectivity index (χ0) is 40.8. The van der Waals surface area contributed by atoms with Crippen molar-refractivity contribution in [3.63, 3.8) is 0 Å². The molecular formula is C32H9F19N2. The number of alkyl halides is 7. The molecule has 0 saturated heterocycles. The lowest BCUT2D eigenvalue weighted by molar-refractivity contribution is -0.144. The maximum atomic E-state index is 15.3. The van der Waals surface area contributed by atoms with Crippen LogP contribution in [-0.4, -0.2) is 0 Å². The first-order valence-corrected chi connectivity index (χ1v) is 13.5. The lowest BCUT2D eigenvalue weighted by Gasteiger charge is -2.19. The van der Waals surface area contributed by atoms with E-state index in [-0.39, 0.29) is 0 Å². The molecule has 0 radical (unpaired) electrons. The monoisotopic (exact) mass is 782 g/mol. The summed E-state index contributed by atoms with van der Waals surface area (Å²) in [7, 11) is 0. The number of rotatable bonds is 4. The minimum absolute atomic E-state index is 0.341. The van der Waals surface area contributed by atoms with E-state index < -0.39 is 155 Å². The summed E-state index contributed by atoms with van der Waals surface area (Å²) in [4.78, 5) is 0. The topological polar surface area (TPSA) is 47.6 Å². The molecule has 0 bridgehead atoms. The number of benzene rings is 3. The molecule has 280 valence electrons. The van der Waals surface area contributed by atoms with Gasteiger partial charge in [-0.1, -0.05) is 0 Å². The highest BCUT2D eigenvalue weighted by Gasteiger charge is 2.49. The molecule has 4 rings (SSSR count). The Morgan fingerprint density at radius 3 is 0.868 bits per heavy atom. The third kappa shape index (κ3) is 6.15. The molecule has 0 amide bonds. The van der Waals surface area contributed by atoms with Crippen LogP contribution >= 0.6 is 0 Å². The first kappa shape index (κ1) is 40.3. The fourth-order valence-electron chi connectivity index (χ4n) is 5.34. The van der Waals surface area contributed by atoms with Crippen LogP contribution in [0, 0.1) is 92.5 Å². The summed E-state index contributed by atoms with van der Waals surface area (Å²) in [5.74, 6) is -35.3. The first-order chi connectivity index (χ1) is 24.1. The van der Waals surface area contributed by atoms with Gasteiger partial charge in [-0.2, -0.15) is 36.9 Å². The maximum Gasteiger partial charge on any atom is 0.422 e. The molecule has 0 unspecified atom stereocenters. The Kier molecular flexibility index (Phi) is 9.80. The number of nitrogens with zero attached hydrogens (tertiary/aromatic N) is 2. The van der Waals surface area contributed by atoms with E-state index in [0.29, 0.717) is 20.8 Å². The standard InChI is InChI=1S/C32H9F19N2/c1-6(10-18(33)24(39)15(30(2,3)45)25(40)19(10)34)9-11(7(4-52)13-20(35)26(41)16(31(46,47)48)27(42)21(13)36)12(9)8(5-53)14-22(37)28(43)17(32(49,50)51)29(44)23(14)38/h1-3H3. The molecule has 2 nitrogen and oxygen atoms in total. The summed E-state index contributed by atoms with van der Waals surface area (Å²) in [6, 6.07) is 1.54. The van der Waals surface area contributed by atoms with Crippen LogP contribution in [0.3, 0.4) is 0 Å². The average molecular weight is 782 g/mol. The van der Waals surface area contributed by atoms with Crippen LogP contribution < -0.4 is 0 Å². The smallest absolute Gasteiger partial charge is 0.239 e. The summed E-state index contributed by atoms with van der Waals surface area (Å²) in [5, 5.41) is 19.5. The van der Waals surface area contributed by atoms with Gasteiger partial charge in [-0.3, -0.25) is 0 Å². The fourth-order valence-corrected chi connectivity index (χ4v) is 5.34. The molecule has 21 heteroatoms.